The van der Waals surface area contributed by atoms with Crippen LogP contribution in [0.3, 0.4) is 0 Å². The Bertz CT molecular complexity index is 130. The van der Waals surface area contributed by atoms with Gasteiger partial charge < -0.3 is 4.74 Å². The van der Waals surface area contributed by atoms with Crippen LogP contribution < -0.4 is 0 Å². The van der Waals surface area contributed by atoms with Gasteiger partial charge in [-0.15, -0.1) is 4.91 Å². The van der Waals surface area contributed by atoms with Crippen LogP contribution in [0.15, 0.2) is 5.18 Å². The highest BCUT2D eigenvalue weighted by Gasteiger charge is 1.97. The Balaban J connectivity index is 3.55. The third-order valence-corrected chi connectivity index (χ3v) is 0.323. The second-order valence-electron chi connectivity index (χ2n) is 0.990. The SMILES string of the molecule is CC(=O)OC(=N)N=O. The summed E-state index contributed by atoms with van der Waals surface area (Å²) in [7, 11) is 0. The van der Waals surface area contributed by atoms with Gasteiger partial charge in [-0.25, -0.2) is 5.41 Å². The molecule has 0 rings (SSSR count). The zero-order valence-electron chi connectivity index (χ0n) is 4.17. The quantitative estimate of drug-likeness (QED) is 0.213. The van der Waals surface area contributed by atoms with Gasteiger partial charge in [-0.1, -0.05) is 0 Å². The van der Waals surface area contributed by atoms with Gasteiger partial charge in [-0.05, 0) is 0 Å². The third-order valence-electron chi connectivity index (χ3n) is 0.323. The lowest BCUT2D eigenvalue weighted by Crippen LogP contribution is -2.03. The van der Waals surface area contributed by atoms with E-state index in [4.69, 9.17) is 5.41 Å². The Labute approximate surface area is 45.1 Å². The Hall–Kier alpha value is -1.26. The average Bonchev–Trinajstić information content (AvgIpc) is 1.65. The van der Waals surface area contributed by atoms with E-state index in [0.717, 1.165) is 6.92 Å². The Kier molecular flexibility index (Phi) is 2.39. The number of esters is 1. The van der Waals surface area contributed by atoms with Crippen LogP contribution in [0.5, 0.6) is 0 Å². The van der Waals surface area contributed by atoms with E-state index >= 15 is 0 Å². The van der Waals surface area contributed by atoms with E-state index in [-0.39, 0.29) is 0 Å². The Morgan fingerprint density at radius 3 is 2.38 bits per heavy atom. The number of ether oxygens (including phenoxy) is 1. The van der Waals surface area contributed by atoms with Crippen molar-refractivity contribution in [1.82, 2.24) is 0 Å². The van der Waals surface area contributed by atoms with Crippen molar-refractivity contribution >= 4 is 12.0 Å². The standard InChI is InChI=1S/C3H4N2O3/c1-2(6)8-3(4)5-7/h4H,1H3. The van der Waals surface area contributed by atoms with Gasteiger partial charge in [-0.2, -0.15) is 0 Å². The molecule has 0 spiro atoms. The highest BCUT2D eigenvalue weighted by molar-refractivity contribution is 5.84. The van der Waals surface area contributed by atoms with Crippen LogP contribution in [-0.4, -0.2) is 12.0 Å². The molecule has 0 saturated heterocycles. The minimum atomic E-state index is -0.905. The van der Waals surface area contributed by atoms with E-state index in [1.165, 1.54) is 0 Å². The molecule has 0 aliphatic heterocycles. The van der Waals surface area contributed by atoms with Crippen molar-refractivity contribution in [2.24, 2.45) is 5.18 Å². The van der Waals surface area contributed by atoms with Crippen LogP contribution >= 0.6 is 0 Å². The summed E-state index contributed by atoms with van der Waals surface area (Å²) in [4.78, 5) is 19.1. The first-order chi connectivity index (χ1) is 3.66. The lowest BCUT2D eigenvalue weighted by atomic mass is 10.8. The van der Waals surface area contributed by atoms with Gasteiger partial charge in [0.1, 0.15) is 0 Å². The summed E-state index contributed by atoms with van der Waals surface area (Å²) in [5.74, 6) is -0.713. The van der Waals surface area contributed by atoms with Gasteiger partial charge in [0.15, 0.2) is 0 Å². The molecule has 0 aromatic heterocycles. The molecule has 0 bridgehead atoms. The first-order valence-corrected chi connectivity index (χ1v) is 1.77. The summed E-state index contributed by atoms with van der Waals surface area (Å²) >= 11 is 0. The van der Waals surface area contributed by atoms with E-state index in [0.29, 0.717) is 0 Å². The third kappa shape index (κ3) is 2.95. The second kappa shape index (κ2) is 2.84. The summed E-state index contributed by atoms with van der Waals surface area (Å²) in [6.07, 6.45) is 0. The van der Waals surface area contributed by atoms with E-state index in [2.05, 4.69) is 4.74 Å². The number of hydrogen-bond acceptors (Lipinski definition) is 4. The van der Waals surface area contributed by atoms with Gasteiger partial charge in [0, 0.05) is 12.1 Å². The van der Waals surface area contributed by atoms with Crippen molar-refractivity contribution < 1.29 is 9.53 Å². The van der Waals surface area contributed by atoms with Gasteiger partial charge in [-0.3, -0.25) is 4.79 Å². The van der Waals surface area contributed by atoms with Crippen LogP contribution in [0.4, 0.5) is 0 Å². The largest absolute Gasteiger partial charge is 0.389 e. The van der Waals surface area contributed by atoms with E-state index in [9.17, 15) is 9.70 Å². The molecule has 0 amide bonds. The van der Waals surface area contributed by atoms with Gasteiger partial charge in [0.05, 0.1) is 0 Å². The Morgan fingerprint density at radius 2 is 2.25 bits per heavy atom. The monoisotopic (exact) mass is 116 g/mol. The topological polar surface area (TPSA) is 79.6 Å². The van der Waals surface area contributed by atoms with Crippen molar-refractivity contribution in [2.75, 3.05) is 0 Å². The molecule has 0 unspecified atom stereocenters. The maximum absolute atomic E-state index is 9.85. The predicted octanol–water partition coefficient (Wildman–Crippen LogP) is 0.251. The summed E-state index contributed by atoms with van der Waals surface area (Å²) < 4.78 is 3.86. The number of carbonyl (C=O) groups is 1. The van der Waals surface area contributed by atoms with Crippen LogP contribution in [0, 0.1) is 10.3 Å². The molecule has 0 aliphatic carbocycles. The molecule has 44 valence electrons. The van der Waals surface area contributed by atoms with Crippen molar-refractivity contribution in [3.05, 3.63) is 4.91 Å². The lowest BCUT2D eigenvalue weighted by Gasteiger charge is -1.88. The molecule has 0 fully saturated rings. The maximum Gasteiger partial charge on any atom is 0.355 e. The number of hydrogen-bond donors (Lipinski definition) is 1. The van der Waals surface area contributed by atoms with Crippen molar-refractivity contribution in [3.63, 3.8) is 0 Å². The summed E-state index contributed by atoms with van der Waals surface area (Å²) in [5, 5.41) is 8.36. The summed E-state index contributed by atoms with van der Waals surface area (Å²) in [6, 6.07) is -0.905. The summed E-state index contributed by atoms with van der Waals surface area (Å²) in [5.41, 5.74) is 0. The predicted molar refractivity (Wildman–Crippen MR) is 25.3 cm³/mol. The molecule has 1 N–H and O–H groups in total. The van der Waals surface area contributed by atoms with Crippen molar-refractivity contribution in [1.29, 1.82) is 5.41 Å². The fourth-order valence-corrected chi connectivity index (χ4v) is 0.155. The van der Waals surface area contributed by atoms with Crippen LogP contribution in [0.25, 0.3) is 0 Å². The summed E-state index contributed by atoms with van der Waals surface area (Å²) in [6.45, 7) is 1.08. The number of nitroso groups, excluding NO2 is 1. The van der Waals surface area contributed by atoms with Crippen LogP contribution in [0.2, 0.25) is 0 Å². The average molecular weight is 116 g/mol. The molecule has 0 aliphatic rings. The first-order valence-electron chi connectivity index (χ1n) is 1.77. The molecule has 8 heavy (non-hydrogen) atoms. The van der Waals surface area contributed by atoms with Crippen LogP contribution in [-0.2, 0) is 9.53 Å². The highest BCUT2D eigenvalue weighted by atomic mass is 16.6. The smallest absolute Gasteiger partial charge is 0.355 e. The minimum absolute atomic E-state index is 0.713. The number of carbonyl (C=O) groups excluding carboxylic acids is 1. The number of nitrogens with zero attached hydrogens (tertiary/aromatic N) is 1. The van der Waals surface area contributed by atoms with Gasteiger partial charge >= 0.3 is 12.0 Å². The molecular formula is C3H4N2O3. The Morgan fingerprint density at radius 1 is 1.75 bits per heavy atom. The molecule has 0 heterocycles. The maximum atomic E-state index is 9.85. The number of nitrogens with one attached hydrogen (secondary N) is 1. The second-order valence-corrected chi connectivity index (χ2v) is 0.990. The minimum Gasteiger partial charge on any atom is -0.389 e. The van der Waals surface area contributed by atoms with E-state index in [1.807, 2.05) is 5.18 Å². The van der Waals surface area contributed by atoms with Crippen molar-refractivity contribution in [2.45, 2.75) is 6.92 Å². The molecule has 0 saturated carbocycles. The molecule has 0 aromatic rings. The van der Waals surface area contributed by atoms with E-state index < -0.39 is 12.0 Å². The zero-order valence-corrected chi connectivity index (χ0v) is 4.17. The normalized spacial score (nSPS) is 7.62. The molecule has 0 atom stereocenters. The number of rotatable bonds is 0. The molecule has 5 heteroatoms. The highest BCUT2D eigenvalue weighted by Crippen LogP contribution is 1.78. The molecule has 0 aromatic carbocycles. The molecule has 5 nitrogen and oxygen atoms in total. The lowest BCUT2D eigenvalue weighted by molar-refractivity contribution is -0.133. The zero-order chi connectivity index (χ0) is 6.57. The van der Waals surface area contributed by atoms with Gasteiger partial charge in [0.2, 0.25) is 0 Å². The fourth-order valence-electron chi connectivity index (χ4n) is 0.155. The molecular weight excluding hydrogens is 112 g/mol. The van der Waals surface area contributed by atoms with Crippen molar-refractivity contribution in [3.8, 4) is 0 Å². The number of amidine groups is 1. The van der Waals surface area contributed by atoms with E-state index in [1.54, 1.807) is 0 Å². The van der Waals surface area contributed by atoms with Gasteiger partial charge in [0.25, 0.3) is 0 Å². The molecule has 0 radical (unpaired) electrons. The first kappa shape index (κ1) is 6.74. The van der Waals surface area contributed by atoms with Crippen LogP contribution in [0.1, 0.15) is 6.92 Å². The fraction of sp³-hybridized carbons (Fsp3) is 0.333.